The van der Waals surface area contributed by atoms with Gasteiger partial charge in [0.25, 0.3) is 0 Å². The Morgan fingerprint density at radius 1 is 1.04 bits per heavy atom. The van der Waals surface area contributed by atoms with Gasteiger partial charge in [0.15, 0.2) is 5.82 Å². The van der Waals surface area contributed by atoms with Crippen LogP contribution in [0, 0.1) is 12.7 Å². The number of esters is 1. The van der Waals surface area contributed by atoms with Crippen LogP contribution in [0.25, 0.3) is 11.4 Å². The van der Waals surface area contributed by atoms with Gasteiger partial charge in [-0.05, 0) is 49.7 Å². The predicted molar refractivity (Wildman–Crippen MR) is 177 cm³/mol. The second-order valence-electron chi connectivity index (χ2n) is 11.5. The van der Waals surface area contributed by atoms with E-state index in [0.29, 0.717) is 21.9 Å². The fourth-order valence-electron chi connectivity index (χ4n) is 3.99. The van der Waals surface area contributed by atoms with Crippen LogP contribution in [-0.2, 0) is 21.4 Å². The first-order valence-corrected chi connectivity index (χ1v) is 15.6. The molecular formula is C30H33Cl3F3N7O6. The lowest BCUT2D eigenvalue weighted by Crippen LogP contribution is -2.27. The molecule has 1 unspecified atom stereocenters. The summed E-state index contributed by atoms with van der Waals surface area (Å²) >= 11 is 18.1. The van der Waals surface area contributed by atoms with Gasteiger partial charge in [0.1, 0.15) is 16.9 Å². The smallest absolute Gasteiger partial charge is 0.442 e. The molecule has 266 valence electrons. The number of carbonyl (C=O) groups is 2. The van der Waals surface area contributed by atoms with Crippen LogP contribution in [0.15, 0.2) is 44.3 Å². The number of nitrogens with one attached hydrogen (secondary N) is 1. The molecule has 0 radical (unpaired) electrons. The molecule has 0 bridgehead atoms. The highest BCUT2D eigenvalue weighted by Crippen LogP contribution is 2.27. The third-order valence-electron chi connectivity index (χ3n) is 6.48. The maximum absolute atomic E-state index is 14.2. The van der Waals surface area contributed by atoms with Crippen molar-refractivity contribution in [3.63, 3.8) is 0 Å². The predicted octanol–water partition coefficient (Wildman–Crippen LogP) is 6.11. The van der Waals surface area contributed by atoms with Crippen molar-refractivity contribution in [2.24, 2.45) is 0 Å². The number of hydrogen-bond donors (Lipinski definition) is 1. The molecule has 2 amide bonds. The van der Waals surface area contributed by atoms with E-state index in [1.165, 1.54) is 11.8 Å². The van der Waals surface area contributed by atoms with E-state index in [4.69, 9.17) is 44.0 Å². The quantitative estimate of drug-likeness (QED) is 0.168. The van der Waals surface area contributed by atoms with Gasteiger partial charge in [0.2, 0.25) is 5.89 Å². The minimum Gasteiger partial charge on any atom is -0.465 e. The van der Waals surface area contributed by atoms with Gasteiger partial charge in [-0.1, -0.05) is 44.0 Å². The van der Waals surface area contributed by atoms with E-state index in [0.717, 1.165) is 16.8 Å². The molecule has 0 saturated heterocycles. The normalized spacial score (nSPS) is 12.0. The van der Waals surface area contributed by atoms with E-state index >= 15 is 0 Å². The molecule has 1 N–H and O–H groups in total. The number of carbonyl (C=O) groups excluding carboxylic acids is 2. The largest absolute Gasteiger partial charge is 0.465 e. The summed E-state index contributed by atoms with van der Waals surface area (Å²) in [5.41, 5.74) is -0.852. The molecule has 1 atom stereocenters. The molecule has 4 aromatic rings. The van der Waals surface area contributed by atoms with Crippen molar-refractivity contribution in [2.75, 3.05) is 26.0 Å². The van der Waals surface area contributed by atoms with Crippen molar-refractivity contribution in [3.8, 4) is 11.4 Å². The number of urea groups is 1. The molecule has 19 heteroatoms. The third kappa shape index (κ3) is 9.45. The maximum atomic E-state index is 14.2. The van der Waals surface area contributed by atoms with Gasteiger partial charge in [0, 0.05) is 36.6 Å². The number of alkyl halides is 3. The summed E-state index contributed by atoms with van der Waals surface area (Å²) in [6.07, 6.45) is -0.115. The van der Waals surface area contributed by atoms with Crippen LogP contribution in [0.3, 0.4) is 0 Å². The van der Waals surface area contributed by atoms with Crippen LogP contribution in [0.4, 0.5) is 23.7 Å². The zero-order valence-electron chi connectivity index (χ0n) is 27.4. The Labute approximate surface area is 293 Å². The Morgan fingerprint density at radius 2 is 1.69 bits per heavy atom. The highest BCUT2D eigenvalue weighted by Gasteiger charge is 2.25. The number of aromatic nitrogens is 5. The summed E-state index contributed by atoms with van der Waals surface area (Å²) in [6.45, 7) is 5.48. The van der Waals surface area contributed by atoms with E-state index in [2.05, 4.69) is 15.5 Å². The zero-order valence-corrected chi connectivity index (χ0v) is 29.6. The first-order valence-electron chi connectivity index (χ1n) is 14.4. The summed E-state index contributed by atoms with van der Waals surface area (Å²) in [6, 6.07) is 6.54. The van der Waals surface area contributed by atoms with Crippen LogP contribution < -0.4 is 16.8 Å². The standard InChI is InChI=1S/C15H14Cl2F3N3O3.C15H19ClN4O3/c1-3-26-13(24)10(17)4-8-5-12(11(18)6-9(8)16)23-15(25)22(14(19)20)7(2)21-23;1-15(2,3)12-18-20(14(22)23-12)11-7-6-9(8-10(11)16)17-13(21)19(4)5/h5-6,10,14H,3-4H2,1-2H3;6-8H,1-5H3,(H,17,21). The van der Waals surface area contributed by atoms with Gasteiger partial charge >= 0.3 is 30.0 Å². The zero-order chi connectivity index (χ0) is 37.0. The summed E-state index contributed by atoms with van der Waals surface area (Å²) in [4.78, 5) is 48.7. The first kappa shape index (κ1) is 39.2. The number of anilines is 1. The van der Waals surface area contributed by atoms with Gasteiger partial charge < -0.3 is 19.4 Å². The maximum Gasteiger partial charge on any atom is 0.442 e. The fourth-order valence-corrected chi connectivity index (χ4v) is 4.71. The molecule has 49 heavy (non-hydrogen) atoms. The molecule has 2 aromatic carbocycles. The summed E-state index contributed by atoms with van der Waals surface area (Å²) in [5.74, 6) is -2.21. The average Bonchev–Trinajstić information content (AvgIpc) is 3.53. The minimum atomic E-state index is -3.12. The van der Waals surface area contributed by atoms with Crippen LogP contribution in [0.1, 0.15) is 51.5 Å². The van der Waals surface area contributed by atoms with Crippen LogP contribution in [0.5, 0.6) is 0 Å². The molecule has 4 rings (SSSR count). The number of amides is 2. The molecule has 0 saturated carbocycles. The van der Waals surface area contributed by atoms with Crippen molar-refractivity contribution in [1.29, 1.82) is 0 Å². The van der Waals surface area contributed by atoms with Gasteiger partial charge in [-0.2, -0.15) is 18.1 Å². The second-order valence-corrected chi connectivity index (χ2v) is 12.9. The summed E-state index contributed by atoms with van der Waals surface area (Å²) < 4.78 is 51.8. The molecule has 0 aliphatic heterocycles. The van der Waals surface area contributed by atoms with Crippen molar-refractivity contribution in [3.05, 3.63) is 84.5 Å². The first-order chi connectivity index (χ1) is 22.8. The lowest BCUT2D eigenvalue weighted by atomic mass is 9.97. The molecule has 0 aliphatic carbocycles. The van der Waals surface area contributed by atoms with Crippen molar-refractivity contribution < 1.29 is 31.9 Å². The van der Waals surface area contributed by atoms with E-state index in [-0.39, 0.29) is 50.7 Å². The molecule has 0 aliphatic rings. The van der Waals surface area contributed by atoms with E-state index in [9.17, 15) is 32.3 Å². The van der Waals surface area contributed by atoms with E-state index < -0.39 is 40.6 Å². The number of ether oxygens (including phenoxy) is 1. The van der Waals surface area contributed by atoms with Crippen LogP contribution in [-0.4, -0.2) is 67.1 Å². The lowest BCUT2D eigenvalue weighted by Gasteiger charge is -2.13. The lowest BCUT2D eigenvalue weighted by molar-refractivity contribution is -0.142. The Balaban J connectivity index is 0.000000267. The minimum absolute atomic E-state index is 0.0424. The molecule has 0 fully saturated rings. The van der Waals surface area contributed by atoms with Crippen LogP contribution in [0.2, 0.25) is 10.0 Å². The number of aryl methyl sites for hydroxylation is 1. The molecule has 2 aromatic heterocycles. The topological polar surface area (TPSA) is 146 Å². The van der Waals surface area contributed by atoms with Crippen molar-refractivity contribution >= 4 is 52.5 Å². The van der Waals surface area contributed by atoms with Gasteiger partial charge in [-0.3, -0.25) is 4.79 Å². The average molecular weight is 751 g/mol. The van der Waals surface area contributed by atoms with Gasteiger partial charge in [-0.25, -0.2) is 23.3 Å². The highest BCUT2D eigenvalue weighted by molar-refractivity contribution is 6.33. The second kappa shape index (κ2) is 16.0. The fraction of sp³-hybridized carbons (Fsp3) is 0.400. The number of hydrogen-bond acceptors (Lipinski definition) is 8. The Kier molecular flexibility index (Phi) is 12.8. The van der Waals surface area contributed by atoms with E-state index in [1.807, 2.05) is 20.8 Å². The number of nitrogens with zero attached hydrogens (tertiary/aromatic N) is 6. The number of rotatable bonds is 8. The highest BCUT2D eigenvalue weighted by atomic mass is 35.5. The van der Waals surface area contributed by atoms with Crippen LogP contribution >= 0.6 is 34.8 Å². The number of halogens is 6. The molecule has 13 nitrogen and oxygen atoms in total. The van der Waals surface area contributed by atoms with Crippen molar-refractivity contribution in [1.82, 2.24) is 29.0 Å². The van der Waals surface area contributed by atoms with Gasteiger partial charge in [-0.15, -0.1) is 21.8 Å². The van der Waals surface area contributed by atoms with E-state index in [1.54, 1.807) is 39.2 Å². The molecular weight excluding hydrogens is 718 g/mol. The Morgan fingerprint density at radius 3 is 2.20 bits per heavy atom. The third-order valence-corrected chi connectivity index (χ3v) is 7.47. The SMILES string of the molecule is CCOC(=O)C(Cl)Cc1cc(-n2nc(C)n(C(F)F)c2=O)c(F)cc1Cl.CN(C)C(=O)Nc1ccc(-n2nc(C(C)(C)C)oc2=O)c(Cl)c1. The molecule has 2 heterocycles. The Bertz CT molecular complexity index is 1950. The Hall–Kier alpha value is -4.28. The summed E-state index contributed by atoms with van der Waals surface area (Å²) in [7, 11) is 3.27. The molecule has 0 spiro atoms. The van der Waals surface area contributed by atoms with Gasteiger partial charge in [0.05, 0.1) is 17.3 Å². The summed E-state index contributed by atoms with van der Waals surface area (Å²) in [5, 5.41) is 9.66. The monoisotopic (exact) mass is 749 g/mol. The van der Waals surface area contributed by atoms with Crippen molar-refractivity contribution in [2.45, 2.75) is 58.4 Å². The number of benzene rings is 2.